The highest BCUT2D eigenvalue weighted by molar-refractivity contribution is 14.1. The summed E-state index contributed by atoms with van der Waals surface area (Å²) in [5.74, 6) is -0.311. The van der Waals surface area contributed by atoms with Crippen LogP contribution in [-0.2, 0) is 0 Å². The van der Waals surface area contributed by atoms with Gasteiger partial charge in [-0.1, -0.05) is 0 Å². The summed E-state index contributed by atoms with van der Waals surface area (Å²) in [6.07, 6.45) is 0.682. The Morgan fingerprint density at radius 1 is 1.57 bits per heavy atom. The molecule has 0 N–H and O–H groups in total. The predicted molar refractivity (Wildman–Crippen MR) is 64.3 cm³/mol. The van der Waals surface area contributed by atoms with Gasteiger partial charge < -0.3 is 0 Å². The minimum Gasteiger partial charge on any atom is -0.298 e. The van der Waals surface area contributed by atoms with Gasteiger partial charge in [-0.05, 0) is 47.2 Å². The molecule has 0 bridgehead atoms. The maximum Gasteiger partial charge on any atom is 0.178 e. The number of carbonyl (C=O) groups is 2. The summed E-state index contributed by atoms with van der Waals surface area (Å²) < 4.78 is 0.968. The Kier molecular flexibility index (Phi) is 4.07. The average molecular weight is 323 g/mol. The second-order valence-electron chi connectivity index (χ2n) is 2.86. The van der Waals surface area contributed by atoms with E-state index in [1.54, 1.807) is 12.1 Å². The number of benzene rings is 1. The zero-order valence-corrected chi connectivity index (χ0v) is 10.4. The molecule has 2 nitrogen and oxygen atoms in total. The zero-order chi connectivity index (χ0) is 10.7. The molecule has 4 heteroatoms. The molecule has 0 amide bonds. The Labute approximate surface area is 101 Å². The molecule has 0 unspecified atom stereocenters. The molecular formula is C10H8ClIO2. The Hall–Kier alpha value is -0.420. The first-order chi connectivity index (χ1) is 6.60. The van der Waals surface area contributed by atoms with E-state index in [9.17, 15) is 9.59 Å². The molecule has 0 fully saturated rings. The maximum absolute atomic E-state index is 11.4. The Balaban J connectivity index is 3.34. The summed E-state index contributed by atoms with van der Waals surface area (Å²) in [5, 5.41) is 0. The molecule has 1 aromatic rings. The van der Waals surface area contributed by atoms with E-state index in [1.807, 2.05) is 6.92 Å². The van der Waals surface area contributed by atoms with E-state index in [-0.39, 0.29) is 11.7 Å². The van der Waals surface area contributed by atoms with Gasteiger partial charge in [0.1, 0.15) is 0 Å². The summed E-state index contributed by atoms with van der Waals surface area (Å²) in [7, 11) is 0. The van der Waals surface area contributed by atoms with Crippen LogP contribution in [0.1, 0.15) is 26.3 Å². The second kappa shape index (κ2) is 4.89. The highest BCUT2D eigenvalue weighted by Crippen LogP contribution is 2.18. The minimum atomic E-state index is -0.215. The van der Waals surface area contributed by atoms with E-state index >= 15 is 0 Å². The fourth-order valence-electron chi connectivity index (χ4n) is 1.11. The monoisotopic (exact) mass is 322 g/mol. The van der Waals surface area contributed by atoms with Gasteiger partial charge in [0.15, 0.2) is 12.1 Å². The van der Waals surface area contributed by atoms with Gasteiger partial charge in [0.05, 0.1) is 5.88 Å². The minimum absolute atomic E-state index is 0.0964. The van der Waals surface area contributed by atoms with E-state index in [0.29, 0.717) is 17.4 Å². The number of rotatable bonds is 3. The third kappa shape index (κ3) is 2.33. The fourth-order valence-corrected chi connectivity index (χ4v) is 1.74. The van der Waals surface area contributed by atoms with E-state index < -0.39 is 0 Å². The Morgan fingerprint density at radius 2 is 2.21 bits per heavy atom. The standard InChI is InChI=1S/C10H8ClIO2/c1-6-2-8(10(14)4-11)7(5-13)3-9(6)12/h2-3,5H,4H2,1H3. The van der Waals surface area contributed by atoms with Crippen molar-refractivity contribution in [3.05, 3.63) is 32.4 Å². The molecule has 1 rings (SSSR count). The highest BCUT2D eigenvalue weighted by Gasteiger charge is 2.11. The lowest BCUT2D eigenvalue weighted by molar-refractivity contribution is 0.101. The van der Waals surface area contributed by atoms with E-state index in [0.717, 1.165) is 9.13 Å². The van der Waals surface area contributed by atoms with Crippen LogP contribution in [0.15, 0.2) is 12.1 Å². The third-order valence-corrected chi connectivity index (χ3v) is 3.28. The maximum atomic E-state index is 11.4. The highest BCUT2D eigenvalue weighted by atomic mass is 127. The topological polar surface area (TPSA) is 34.1 Å². The molecule has 0 aromatic heterocycles. The first-order valence-corrected chi connectivity index (χ1v) is 5.56. The summed E-state index contributed by atoms with van der Waals surface area (Å²) >= 11 is 7.56. The normalized spacial score (nSPS) is 9.93. The SMILES string of the molecule is Cc1cc(C(=O)CCl)c(C=O)cc1I. The van der Waals surface area contributed by atoms with Gasteiger partial charge in [0.2, 0.25) is 0 Å². The molecule has 74 valence electrons. The van der Waals surface area contributed by atoms with Crippen molar-refractivity contribution >= 4 is 46.3 Å². The average Bonchev–Trinajstić information content (AvgIpc) is 2.20. The summed E-state index contributed by atoms with van der Waals surface area (Å²) in [5.41, 5.74) is 1.79. The van der Waals surface area contributed by atoms with Crippen molar-refractivity contribution < 1.29 is 9.59 Å². The molecule has 0 saturated carbocycles. The van der Waals surface area contributed by atoms with Gasteiger partial charge in [-0.2, -0.15) is 0 Å². The van der Waals surface area contributed by atoms with Crippen molar-refractivity contribution in [2.45, 2.75) is 6.92 Å². The Bertz CT molecular complexity index is 388. The number of aldehydes is 1. The van der Waals surface area contributed by atoms with Gasteiger partial charge >= 0.3 is 0 Å². The first kappa shape index (κ1) is 11.7. The van der Waals surface area contributed by atoms with Gasteiger partial charge in [-0.15, -0.1) is 11.6 Å². The number of hydrogen-bond acceptors (Lipinski definition) is 2. The van der Waals surface area contributed by atoms with Crippen LogP contribution in [-0.4, -0.2) is 17.9 Å². The van der Waals surface area contributed by atoms with Crippen LogP contribution in [0.5, 0.6) is 0 Å². The zero-order valence-electron chi connectivity index (χ0n) is 7.51. The second-order valence-corrected chi connectivity index (χ2v) is 4.29. The van der Waals surface area contributed by atoms with Crippen LogP contribution in [0, 0.1) is 10.5 Å². The molecule has 0 spiro atoms. The van der Waals surface area contributed by atoms with E-state index in [4.69, 9.17) is 11.6 Å². The van der Waals surface area contributed by atoms with Gasteiger partial charge in [-0.25, -0.2) is 0 Å². The molecule has 0 atom stereocenters. The lowest BCUT2D eigenvalue weighted by atomic mass is 10.0. The smallest absolute Gasteiger partial charge is 0.178 e. The summed E-state index contributed by atoms with van der Waals surface area (Å²) in [4.78, 5) is 22.1. The van der Waals surface area contributed by atoms with Crippen LogP contribution in [0.4, 0.5) is 0 Å². The number of aryl methyl sites for hydroxylation is 1. The van der Waals surface area contributed by atoms with Gasteiger partial charge in [0, 0.05) is 14.7 Å². The lowest BCUT2D eigenvalue weighted by Crippen LogP contribution is -2.06. The summed E-state index contributed by atoms with van der Waals surface area (Å²) in [6.45, 7) is 1.89. The van der Waals surface area contributed by atoms with Crippen LogP contribution in [0.2, 0.25) is 0 Å². The van der Waals surface area contributed by atoms with Crippen LogP contribution in [0.25, 0.3) is 0 Å². The van der Waals surface area contributed by atoms with Crippen molar-refractivity contribution in [3.63, 3.8) is 0 Å². The summed E-state index contributed by atoms with van der Waals surface area (Å²) in [6, 6.07) is 3.40. The molecular weight excluding hydrogens is 314 g/mol. The fraction of sp³-hybridized carbons (Fsp3) is 0.200. The molecule has 0 saturated heterocycles. The third-order valence-electron chi connectivity index (χ3n) is 1.88. The largest absolute Gasteiger partial charge is 0.298 e. The molecule has 0 radical (unpaired) electrons. The molecule has 0 aliphatic carbocycles. The number of ketones is 1. The van der Waals surface area contributed by atoms with Crippen molar-refractivity contribution in [1.29, 1.82) is 0 Å². The van der Waals surface area contributed by atoms with Gasteiger partial charge in [-0.3, -0.25) is 9.59 Å². The van der Waals surface area contributed by atoms with Crippen molar-refractivity contribution in [1.82, 2.24) is 0 Å². The number of hydrogen-bond donors (Lipinski definition) is 0. The van der Waals surface area contributed by atoms with Crippen molar-refractivity contribution in [3.8, 4) is 0 Å². The number of Topliss-reactive ketones (excluding diaryl/α,β-unsaturated/α-hetero) is 1. The number of carbonyl (C=O) groups excluding carboxylic acids is 2. The van der Waals surface area contributed by atoms with Crippen LogP contribution < -0.4 is 0 Å². The van der Waals surface area contributed by atoms with Crippen molar-refractivity contribution in [2.24, 2.45) is 0 Å². The molecule has 0 heterocycles. The molecule has 14 heavy (non-hydrogen) atoms. The number of alkyl halides is 1. The van der Waals surface area contributed by atoms with Crippen LogP contribution in [0.3, 0.4) is 0 Å². The molecule has 0 aliphatic heterocycles. The number of halogens is 2. The van der Waals surface area contributed by atoms with Crippen LogP contribution >= 0.6 is 34.2 Å². The Morgan fingerprint density at radius 3 is 2.71 bits per heavy atom. The quantitative estimate of drug-likeness (QED) is 0.371. The molecule has 0 aliphatic rings. The van der Waals surface area contributed by atoms with Crippen molar-refractivity contribution in [2.75, 3.05) is 5.88 Å². The van der Waals surface area contributed by atoms with E-state index in [2.05, 4.69) is 22.6 Å². The van der Waals surface area contributed by atoms with E-state index in [1.165, 1.54) is 0 Å². The van der Waals surface area contributed by atoms with Gasteiger partial charge in [0.25, 0.3) is 0 Å². The first-order valence-electron chi connectivity index (χ1n) is 3.94. The lowest BCUT2D eigenvalue weighted by Gasteiger charge is -2.05. The molecule has 1 aromatic carbocycles. The predicted octanol–water partition coefficient (Wildman–Crippen LogP) is 2.83.